The van der Waals surface area contributed by atoms with E-state index in [1.807, 2.05) is 17.8 Å². The van der Waals surface area contributed by atoms with Crippen LogP contribution in [0, 0.1) is 5.82 Å². The highest BCUT2D eigenvalue weighted by molar-refractivity contribution is 7.99. The second-order valence-corrected chi connectivity index (χ2v) is 5.87. The molecule has 2 rings (SSSR count). The summed E-state index contributed by atoms with van der Waals surface area (Å²) in [5.41, 5.74) is 6.84. The number of nitrogens with zero attached hydrogens (tertiary/aromatic N) is 1. The average Bonchev–Trinajstić information content (AvgIpc) is 2.69. The summed E-state index contributed by atoms with van der Waals surface area (Å²) in [5.74, 6) is 2.29. The van der Waals surface area contributed by atoms with Crippen LogP contribution in [0.3, 0.4) is 0 Å². The summed E-state index contributed by atoms with van der Waals surface area (Å²) in [7, 11) is 1.48. The maximum atomic E-state index is 13.8. The van der Waals surface area contributed by atoms with Crippen molar-refractivity contribution >= 4 is 11.8 Å². The van der Waals surface area contributed by atoms with Gasteiger partial charge in [-0.2, -0.15) is 11.8 Å². The number of nitrogens with two attached hydrogens (primary N) is 1. The van der Waals surface area contributed by atoms with Crippen LogP contribution < -0.4 is 10.5 Å². The van der Waals surface area contributed by atoms with Gasteiger partial charge >= 0.3 is 0 Å². The highest BCUT2D eigenvalue weighted by atomic mass is 32.2. The SMILES string of the molecule is COc1ccc(C(CN)N2CCCSCC2)cc1F. The molecule has 2 N–H and O–H groups in total. The molecule has 1 unspecified atom stereocenters. The van der Waals surface area contributed by atoms with Gasteiger partial charge in [-0.15, -0.1) is 0 Å². The van der Waals surface area contributed by atoms with Gasteiger partial charge in [0.25, 0.3) is 0 Å². The molecule has 1 heterocycles. The summed E-state index contributed by atoms with van der Waals surface area (Å²) in [6.45, 7) is 2.55. The third-order valence-electron chi connectivity index (χ3n) is 3.48. The predicted molar refractivity (Wildman–Crippen MR) is 78.3 cm³/mol. The number of hydrogen-bond acceptors (Lipinski definition) is 4. The molecule has 0 amide bonds. The highest BCUT2D eigenvalue weighted by Crippen LogP contribution is 2.26. The first-order valence-corrected chi connectivity index (χ1v) is 7.77. The van der Waals surface area contributed by atoms with Crippen molar-refractivity contribution in [1.29, 1.82) is 0 Å². The van der Waals surface area contributed by atoms with Crippen LogP contribution in [0.25, 0.3) is 0 Å². The lowest BCUT2D eigenvalue weighted by atomic mass is 10.0. The largest absolute Gasteiger partial charge is 0.494 e. The second-order valence-electron chi connectivity index (χ2n) is 4.65. The van der Waals surface area contributed by atoms with E-state index in [1.54, 1.807) is 12.1 Å². The normalized spacial score (nSPS) is 18.9. The Labute approximate surface area is 118 Å². The van der Waals surface area contributed by atoms with Crippen molar-refractivity contribution in [3.05, 3.63) is 29.6 Å². The minimum atomic E-state index is -0.317. The molecule has 0 aromatic heterocycles. The standard InChI is InChI=1S/C14H21FN2OS/c1-18-14-4-3-11(9-12(14)15)13(10-16)17-5-2-7-19-8-6-17/h3-4,9,13H,2,5-8,10,16H2,1H3. The van der Waals surface area contributed by atoms with Gasteiger partial charge in [0.05, 0.1) is 7.11 Å². The van der Waals surface area contributed by atoms with Crippen molar-refractivity contribution in [1.82, 2.24) is 4.90 Å². The van der Waals surface area contributed by atoms with Crippen molar-refractivity contribution < 1.29 is 9.13 Å². The summed E-state index contributed by atoms with van der Waals surface area (Å²) in [4.78, 5) is 2.36. The van der Waals surface area contributed by atoms with E-state index in [0.29, 0.717) is 6.54 Å². The maximum absolute atomic E-state index is 13.8. The number of thioether (sulfide) groups is 1. The monoisotopic (exact) mass is 284 g/mol. The first-order valence-electron chi connectivity index (χ1n) is 6.61. The number of methoxy groups -OCH3 is 1. The number of halogens is 1. The van der Waals surface area contributed by atoms with E-state index in [9.17, 15) is 4.39 Å². The molecule has 1 atom stereocenters. The third kappa shape index (κ3) is 3.61. The van der Waals surface area contributed by atoms with Gasteiger partial charge in [0.1, 0.15) is 0 Å². The molecule has 1 aliphatic heterocycles. The zero-order valence-corrected chi connectivity index (χ0v) is 12.1. The van der Waals surface area contributed by atoms with E-state index in [0.717, 1.165) is 24.4 Å². The molecule has 106 valence electrons. The van der Waals surface area contributed by atoms with Crippen molar-refractivity contribution in [2.45, 2.75) is 12.5 Å². The van der Waals surface area contributed by atoms with Gasteiger partial charge in [0, 0.05) is 24.9 Å². The zero-order chi connectivity index (χ0) is 13.7. The Morgan fingerprint density at radius 2 is 2.26 bits per heavy atom. The Kier molecular flexibility index (Phi) is 5.48. The molecule has 0 spiro atoms. The van der Waals surface area contributed by atoms with E-state index in [4.69, 9.17) is 10.5 Å². The molecule has 0 saturated carbocycles. The molecule has 19 heavy (non-hydrogen) atoms. The minimum Gasteiger partial charge on any atom is -0.494 e. The zero-order valence-electron chi connectivity index (χ0n) is 11.3. The molecule has 1 fully saturated rings. The predicted octanol–water partition coefficient (Wildman–Crippen LogP) is 2.27. The molecule has 5 heteroatoms. The molecule has 1 aliphatic rings. The lowest BCUT2D eigenvalue weighted by Gasteiger charge is -2.30. The maximum Gasteiger partial charge on any atom is 0.165 e. The van der Waals surface area contributed by atoms with Crippen LogP contribution in [-0.2, 0) is 0 Å². The minimum absolute atomic E-state index is 0.0964. The molecule has 0 radical (unpaired) electrons. The van der Waals surface area contributed by atoms with Gasteiger partial charge in [-0.1, -0.05) is 6.07 Å². The Morgan fingerprint density at radius 3 is 2.95 bits per heavy atom. The van der Waals surface area contributed by atoms with Gasteiger partial charge in [0.2, 0.25) is 0 Å². The van der Waals surface area contributed by atoms with Crippen LogP contribution in [0.5, 0.6) is 5.75 Å². The summed E-state index contributed by atoms with van der Waals surface area (Å²) in [6.07, 6.45) is 1.17. The van der Waals surface area contributed by atoms with Crippen molar-refractivity contribution in [3.63, 3.8) is 0 Å². The third-order valence-corrected chi connectivity index (χ3v) is 4.53. The van der Waals surface area contributed by atoms with Gasteiger partial charge in [-0.25, -0.2) is 4.39 Å². The molecule has 0 bridgehead atoms. The molecule has 3 nitrogen and oxygen atoms in total. The molecule has 0 aliphatic carbocycles. The van der Waals surface area contributed by atoms with Crippen LogP contribution in [0.1, 0.15) is 18.0 Å². The van der Waals surface area contributed by atoms with Crippen molar-refractivity contribution in [2.24, 2.45) is 5.73 Å². The highest BCUT2D eigenvalue weighted by Gasteiger charge is 2.21. The van der Waals surface area contributed by atoms with Crippen LogP contribution in [0.4, 0.5) is 4.39 Å². The van der Waals surface area contributed by atoms with Gasteiger partial charge < -0.3 is 10.5 Å². The number of rotatable bonds is 4. The van der Waals surface area contributed by atoms with E-state index in [2.05, 4.69) is 4.90 Å². The number of ether oxygens (including phenoxy) is 1. The summed E-state index contributed by atoms with van der Waals surface area (Å²) in [5, 5.41) is 0. The van der Waals surface area contributed by atoms with E-state index >= 15 is 0 Å². The summed E-state index contributed by atoms with van der Waals surface area (Å²) < 4.78 is 18.8. The van der Waals surface area contributed by atoms with Crippen LogP contribution in [0.2, 0.25) is 0 Å². The quantitative estimate of drug-likeness (QED) is 0.920. The molecule has 1 aromatic carbocycles. The number of benzene rings is 1. The van der Waals surface area contributed by atoms with Crippen molar-refractivity contribution in [3.8, 4) is 5.75 Å². The summed E-state index contributed by atoms with van der Waals surface area (Å²) in [6, 6.07) is 5.24. The fourth-order valence-electron chi connectivity index (χ4n) is 2.46. The van der Waals surface area contributed by atoms with Gasteiger partial charge in [-0.3, -0.25) is 4.90 Å². The first kappa shape index (κ1) is 14.6. The topological polar surface area (TPSA) is 38.5 Å². The molecular formula is C14H21FN2OS. The Morgan fingerprint density at radius 1 is 1.42 bits per heavy atom. The Balaban J connectivity index is 2.18. The van der Waals surface area contributed by atoms with Crippen molar-refractivity contribution in [2.75, 3.05) is 38.2 Å². The van der Waals surface area contributed by atoms with Gasteiger partial charge in [-0.05, 0) is 36.4 Å². The van der Waals surface area contributed by atoms with Gasteiger partial charge in [0.15, 0.2) is 11.6 Å². The van der Waals surface area contributed by atoms with E-state index in [1.165, 1.54) is 19.3 Å². The molecular weight excluding hydrogens is 263 g/mol. The second kappa shape index (κ2) is 7.12. The van der Waals surface area contributed by atoms with E-state index in [-0.39, 0.29) is 17.6 Å². The fourth-order valence-corrected chi connectivity index (χ4v) is 3.36. The Hall–Kier alpha value is -0.780. The lowest BCUT2D eigenvalue weighted by Crippen LogP contribution is -2.35. The lowest BCUT2D eigenvalue weighted by molar-refractivity contribution is 0.217. The van der Waals surface area contributed by atoms with Crippen LogP contribution >= 0.6 is 11.8 Å². The summed E-state index contributed by atoms with van der Waals surface area (Å²) >= 11 is 1.98. The van der Waals surface area contributed by atoms with E-state index < -0.39 is 0 Å². The van der Waals surface area contributed by atoms with Crippen LogP contribution in [0.15, 0.2) is 18.2 Å². The first-order chi connectivity index (χ1) is 9.26. The fraction of sp³-hybridized carbons (Fsp3) is 0.571. The van der Waals surface area contributed by atoms with Crippen LogP contribution in [-0.4, -0.2) is 43.1 Å². The number of hydrogen-bond donors (Lipinski definition) is 1. The smallest absolute Gasteiger partial charge is 0.165 e. The molecule has 1 aromatic rings. The Bertz CT molecular complexity index is 408. The molecule has 1 saturated heterocycles. The average molecular weight is 284 g/mol.